The molecule has 0 saturated carbocycles. The fraction of sp³-hybridized carbons (Fsp3) is 0.278. The van der Waals surface area contributed by atoms with Gasteiger partial charge in [-0.15, -0.1) is 11.3 Å². The Hall–Kier alpha value is -3.36. The Bertz CT molecular complexity index is 1670. The second-order valence-corrected chi connectivity index (χ2v) is 12.4. The van der Waals surface area contributed by atoms with Crippen molar-refractivity contribution in [3.05, 3.63) is 117 Å². The highest BCUT2D eigenvalue weighted by molar-refractivity contribution is 7.19. The van der Waals surface area contributed by atoms with Gasteiger partial charge in [0.25, 0.3) is 0 Å². The molecule has 2 unspecified atom stereocenters. The molecule has 4 aromatic rings. The van der Waals surface area contributed by atoms with Gasteiger partial charge in [-0.05, 0) is 79.5 Å². The van der Waals surface area contributed by atoms with Crippen molar-refractivity contribution < 1.29 is 0 Å². The summed E-state index contributed by atoms with van der Waals surface area (Å²) in [6, 6.07) is 20.6. The zero-order valence-electron chi connectivity index (χ0n) is 21.8. The minimum Gasteiger partial charge on any atom is -0.344 e. The molecule has 2 heterocycles. The molecule has 1 nitrogen and oxygen atoms in total. The molecule has 2 aromatic heterocycles. The van der Waals surface area contributed by atoms with Gasteiger partial charge in [0.1, 0.15) is 0 Å². The van der Waals surface area contributed by atoms with E-state index >= 15 is 0 Å². The zero-order chi connectivity index (χ0) is 25.1. The van der Waals surface area contributed by atoms with Gasteiger partial charge in [0.2, 0.25) is 0 Å². The number of hydrogen-bond acceptors (Lipinski definition) is 1. The molecule has 38 heavy (non-hydrogen) atoms. The van der Waals surface area contributed by atoms with E-state index in [4.69, 9.17) is 0 Å². The number of fused-ring (bicyclic) bond motifs is 6. The van der Waals surface area contributed by atoms with Crippen molar-refractivity contribution in [3.63, 3.8) is 0 Å². The summed E-state index contributed by atoms with van der Waals surface area (Å²) >= 11 is 2.02. The summed E-state index contributed by atoms with van der Waals surface area (Å²) in [5, 5.41) is 1.43. The smallest absolute Gasteiger partial charge is 0.0379 e. The Morgan fingerprint density at radius 2 is 1.61 bits per heavy atom. The predicted molar refractivity (Wildman–Crippen MR) is 164 cm³/mol. The van der Waals surface area contributed by atoms with Crippen LogP contribution in [0, 0.1) is 0 Å². The van der Waals surface area contributed by atoms with E-state index in [1.54, 1.807) is 21.8 Å². The first-order valence-corrected chi connectivity index (χ1v) is 15.2. The normalized spacial score (nSPS) is 22.0. The fourth-order valence-corrected chi connectivity index (χ4v) is 8.86. The number of rotatable bonds is 3. The number of hydrogen-bond donors (Lipinski definition) is 0. The highest BCUT2D eigenvalue weighted by Crippen LogP contribution is 2.49. The monoisotopic (exact) mass is 511 g/mol. The Morgan fingerprint density at radius 1 is 0.763 bits per heavy atom. The SMILES string of the molecule is C1=Cc2c3c(n(C4CCC=C(c5ccccc5)C4)c2CC1)CCC(C1CC=Cc2c1sc1ccccc21)=C3. The van der Waals surface area contributed by atoms with Crippen LogP contribution in [-0.4, -0.2) is 4.57 Å². The number of aromatic nitrogens is 1. The van der Waals surface area contributed by atoms with E-state index in [9.17, 15) is 0 Å². The molecule has 188 valence electrons. The zero-order valence-corrected chi connectivity index (χ0v) is 22.6. The average Bonchev–Trinajstić information content (AvgIpc) is 3.53. The van der Waals surface area contributed by atoms with E-state index in [1.807, 2.05) is 11.3 Å². The maximum Gasteiger partial charge on any atom is 0.0379 e. The summed E-state index contributed by atoms with van der Waals surface area (Å²) in [5.41, 5.74) is 12.3. The van der Waals surface area contributed by atoms with Gasteiger partial charge in [-0.1, -0.05) is 90.6 Å². The molecule has 2 atom stereocenters. The van der Waals surface area contributed by atoms with E-state index in [0.717, 1.165) is 12.8 Å². The van der Waals surface area contributed by atoms with Crippen LogP contribution in [0.2, 0.25) is 0 Å². The van der Waals surface area contributed by atoms with E-state index in [0.29, 0.717) is 12.0 Å². The van der Waals surface area contributed by atoms with Gasteiger partial charge in [-0.2, -0.15) is 0 Å². The highest BCUT2D eigenvalue weighted by atomic mass is 32.1. The molecule has 0 spiro atoms. The lowest BCUT2D eigenvalue weighted by atomic mass is 9.81. The number of nitrogens with zero attached hydrogens (tertiary/aromatic N) is 1. The average molecular weight is 512 g/mol. The summed E-state index contributed by atoms with van der Waals surface area (Å²) in [6.07, 6.45) is 24.2. The van der Waals surface area contributed by atoms with E-state index in [-0.39, 0.29) is 0 Å². The van der Waals surface area contributed by atoms with Gasteiger partial charge in [0.15, 0.2) is 0 Å². The standard InChI is InChI=1S/C36H33NS/c1-2-10-24(11-3-1)25-12-8-13-27(22-25)37-33-18-6-4-14-29(33)32-23-26(20-21-34(32)37)28-16-9-17-31-30-15-5-7-19-35(30)38-36(28)31/h1-5,7,9-12,14-15,17,19,23,27-28H,6,8,13,16,18,20-22H2. The lowest BCUT2D eigenvalue weighted by molar-refractivity contribution is 0.440. The molecule has 8 rings (SSSR count). The Labute approximate surface area is 229 Å². The summed E-state index contributed by atoms with van der Waals surface area (Å²) in [6.45, 7) is 0. The quantitative estimate of drug-likeness (QED) is 0.258. The number of allylic oxidation sites excluding steroid dienone is 5. The van der Waals surface area contributed by atoms with Gasteiger partial charge in [-0.3, -0.25) is 0 Å². The van der Waals surface area contributed by atoms with Gasteiger partial charge >= 0.3 is 0 Å². The molecule has 0 aliphatic heterocycles. The van der Waals surface area contributed by atoms with E-state index in [2.05, 4.69) is 95.6 Å². The summed E-state index contributed by atoms with van der Waals surface area (Å²) in [4.78, 5) is 1.58. The summed E-state index contributed by atoms with van der Waals surface area (Å²) in [7, 11) is 0. The molecule has 0 amide bonds. The van der Waals surface area contributed by atoms with E-state index < -0.39 is 0 Å². The molecule has 0 N–H and O–H groups in total. The van der Waals surface area contributed by atoms with Gasteiger partial charge in [-0.25, -0.2) is 0 Å². The van der Waals surface area contributed by atoms with Crippen molar-refractivity contribution in [3.8, 4) is 0 Å². The fourth-order valence-electron chi connectivity index (χ4n) is 7.51. The molecule has 0 radical (unpaired) electrons. The van der Waals surface area contributed by atoms with Crippen LogP contribution in [0.4, 0.5) is 0 Å². The lowest BCUT2D eigenvalue weighted by Crippen LogP contribution is -2.19. The Morgan fingerprint density at radius 3 is 2.55 bits per heavy atom. The minimum absolute atomic E-state index is 0.523. The van der Waals surface area contributed by atoms with Gasteiger partial charge in [0.05, 0.1) is 0 Å². The molecule has 0 saturated heterocycles. The van der Waals surface area contributed by atoms with Crippen LogP contribution in [0.1, 0.15) is 89.0 Å². The summed E-state index contributed by atoms with van der Waals surface area (Å²) < 4.78 is 4.25. The first-order chi connectivity index (χ1) is 18.8. The molecular formula is C36H33NS. The van der Waals surface area contributed by atoms with Crippen molar-refractivity contribution in [2.75, 3.05) is 0 Å². The number of benzene rings is 2. The first-order valence-electron chi connectivity index (χ1n) is 14.4. The second kappa shape index (κ2) is 9.13. The molecular weight excluding hydrogens is 478 g/mol. The van der Waals surface area contributed by atoms with Crippen molar-refractivity contribution in [1.82, 2.24) is 4.57 Å². The second-order valence-electron chi connectivity index (χ2n) is 11.3. The van der Waals surface area contributed by atoms with Crippen molar-refractivity contribution in [2.45, 2.75) is 63.3 Å². The van der Waals surface area contributed by atoms with Crippen molar-refractivity contribution >= 4 is 45.2 Å². The minimum atomic E-state index is 0.523. The molecule has 0 bridgehead atoms. The molecule has 2 aromatic carbocycles. The topological polar surface area (TPSA) is 4.93 Å². The summed E-state index contributed by atoms with van der Waals surface area (Å²) in [5.74, 6) is 0.523. The Kier molecular flexibility index (Phi) is 5.43. The molecule has 0 fully saturated rings. The van der Waals surface area contributed by atoms with Crippen LogP contribution in [0.25, 0.3) is 33.9 Å². The van der Waals surface area contributed by atoms with Crippen LogP contribution in [0.5, 0.6) is 0 Å². The van der Waals surface area contributed by atoms with Crippen LogP contribution in [-0.2, 0) is 12.8 Å². The third-order valence-corrected chi connectivity index (χ3v) is 10.5. The van der Waals surface area contributed by atoms with Crippen molar-refractivity contribution in [2.24, 2.45) is 0 Å². The predicted octanol–water partition coefficient (Wildman–Crippen LogP) is 10.0. The largest absolute Gasteiger partial charge is 0.344 e. The molecule has 4 aliphatic rings. The van der Waals surface area contributed by atoms with Crippen LogP contribution < -0.4 is 0 Å². The molecule has 4 aliphatic carbocycles. The Balaban J connectivity index is 1.20. The van der Waals surface area contributed by atoms with Crippen LogP contribution in [0.3, 0.4) is 0 Å². The third kappa shape index (κ3) is 3.57. The van der Waals surface area contributed by atoms with Gasteiger partial charge in [0, 0.05) is 44.1 Å². The lowest BCUT2D eigenvalue weighted by Gasteiger charge is -2.30. The van der Waals surface area contributed by atoms with Gasteiger partial charge < -0.3 is 4.57 Å². The maximum absolute atomic E-state index is 2.82. The maximum atomic E-state index is 2.82. The van der Waals surface area contributed by atoms with Crippen LogP contribution >= 0.6 is 11.3 Å². The number of thiophene rings is 1. The highest BCUT2D eigenvalue weighted by Gasteiger charge is 2.32. The first kappa shape index (κ1) is 22.6. The van der Waals surface area contributed by atoms with E-state index in [1.165, 1.54) is 76.4 Å². The third-order valence-electron chi connectivity index (χ3n) is 9.24. The van der Waals surface area contributed by atoms with Crippen LogP contribution in [0.15, 0.2) is 78.4 Å². The molecule has 2 heteroatoms. The van der Waals surface area contributed by atoms with Crippen molar-refractivity contribution in [1.29, 1.82) is 0 Å².